The smallest absolute Gasteiger partial charge is 0.324 e. The van der Waals surface area contributed by atoms with Crippen molar-refractivity contribution in [3.8, 4) is 10.4 Å². The minimum absolute atomic E-state index is 0.202. The van der Waals surface area contributed by atoms with Crippen LogP contribution in [0.25, 0.3) is 20.7 Å². The Kier molecular flexibility index (Phi) is 5.16. The number of benzene rings is 1. The van der Waals surface area contributed by atoms with Gasteiger partial charge in [0.1, 0.15) is 11.4 Å². The van der Waals surface area contributed by atoms with E-state index in [9.17, 15) is 9.59 Å². The van der Waals surface area contributed by atoms with Crippen molar-refractivity contribution in [2.45, 2.75) is 17.2 Å². The van der Waals surface area contributed by atoms with E-state index < -0.39 is 5.25 Å². The van der Waals surface area contributed by atoms with Crippen LogP contribution in [-0.2, 0) is 4.79 Å². The van der Waals surface area contributed by atoms with Crippen LogP contribution in [0.15, 0.2) is 46.2 Å². The van der Waals surface area contributed by atoms with Crippen LogP contribution in [0.4, 0.5) is 4.79 Å². The third-order valence-electron chi connectivity index (χ3n) is 4.17. The van der Waals surface area contributed by atoms with E-state index in [2.05, 4.69) is 31.2 Å². The van der Waals surface area contributed by atoms with Gasteiger partial charge in [0.2, 0.25) is 5.91 Å². The summed E-state index contributed by atoms with van der Waals surface area (Å²) in [5.74, 6) is -0.202. The van der Waals surface area contributed by atoms with Crippen molar-refractivity contribution < 1.29 is 9.59 Å². The van der Waals surface area contributed by atoms with Crippen LogP contribution in [0.2, 0.25) is 0 Å². The molecule has 1 atom stereocenters. The predicted octanol–water partition coefficient (Wildman–Crippen LogP) is 4.15. The summed E-state index contributed by atoms with van der Waals surface area (Å²) in [7, 11) is 0. The lowest BCUT2D eigenvalue weighted by atomic mass is 10.2. The number of nitrogens with one attached hydrogen (secondary N) is 1. The Morgan fingerprint density at radius 2 is 2.11 bits per heavy atom. The molecule has 0 bridgehead atoms. The van der Waals surface area contributed by atoms with Crippen LogP contribution in [0.1, 0.15) is 6.92 Å². The molecule has 2 aromatic heterocycles. The number of nitrogens with zero attached hydrogens (tertiary/aromatic N) is 3. The van der Waals surface area contributed by atoms with Crippen LogP contribution in [-0.4, -0.2) is 45.1 Å². The molecule has 3 amide bonds. The summed E-state index contributed by atoms with van der Waals surface area (Å²) in [6, 6.07) is 9.82. The molecular formula is C18H15BrN4O2S2. The fraction of sp³-hybridized carbons (Fsp3) is 0.222. The third kappa shape index (κ3) is 3.71. The topological polar surface area (TPSA) is 75.2 Å². The summed E-state index contributed by atoms with van der Waals surface area (Å²) in [6.07, 6.45) is 1.52. The molecule has 27 heavy (non-hydrogen) atoms. The Morgan fingerprint density at radius 1 is 1.33 bits per heavy atom. The number of fused-ring (bicyclic) bond motifs is 1. The Hall–Kier alpha value is -1.97. The fourth-order valence-corrected chi connectivity index (χ4v) is 5.21. The zero-order valence-electron chi connectivity index (χ0n) is 14.3. The van der Waals surface area contributed by atoms with Crippen molar-refractivity contribution in [2.24, 2.45) is 0 Å². The van der Waals surface area contributed by atoms with Crippen molar-refractivity contribution >= 4 is 61.2 Å². The summed E-state index contributed by atoms with van der Waals surface area (Å²) in [5.41, 5.74) is 1.96. The average molecular weight is 463 g/mol. The van der Waals surface area contributed by atoms with Gasteiger partial charge in [0.05, 0.1) is 15.5 Å². The standard InChI is InChI=1S/C18H15BrN4O2S2/c1-10(17(24)23-7-6-20-18(23)25)26-16-15-13(21-9-22-16)8-14(27-15)11-2-4-12(19)5-3-11/h2-5,8-10H,6-7H2,1H3,(H,20,25)/t10-/m0/s1. The second-order valence-electron chi connectivity index (χ2n) is 5.99. The molecule has 1 aliphatic rings. The highest BCUT2D eigenvalue weighted by molar-refractivity contribution is 9.10. The summed E-state index contributed by atoms with van der Waals surface area (Å²) in [6.45, 7) is 2.71. The zero-order valence-corrected chi connectivity index (χ0v) is 17.5. The first-order valence-electron chi connectivity index (χ1n) is 8.29. The molecule has 6 nitrogen and oxygen atoms in total. The number of hydrogen-bond acceptors (Lipinski definition) is 6. The largest absolute Gasteiger partial charge is 0.336 e. The summed E-state index contributed by atoms with van der Waals surface area (Å²) in [5, 5.41) is 3.00. The molecule has 1 saturated heterocycles. The van der Waals surface area contributed by atoms with Gasteiger partial charge in [-0.2, -0.15) is 0 Å². The Balaban J connectivity index is 1.61. The van der Waals surface area contributed by atoms with Crippen molar-refractivity contribution in [3.05, 3.63) is 41.1 Å². The van der Waals surface area contributed by atoms with Gasteiger partial charge in [-0.3, -0.25) is 9.69 Å². The molecular weight excluding hydrogens is 448 g/mol. The molecule has 3 aromatic rings. The Labute approximate surface area is 172 Å². The maximum absolute atomic E-state index is 12.6. The number of thiophene rings is 1. The normalized spacial score (nSPS) is 15.2. The minimum Gasteiger partial charge on any atom is -0.336 e. The SMILES string of the molecule is C[C@H](Sc1ncnc2cc(-c3ccc(Br)cc3)sc12)C(=O)N1CCNC1=O. The van der Waals surface area contributed by atoms with E-state index in [1.54, 1.807) is 18.3 Å². The molecule has 0 radical (unpaired) electrons. The van der Waals surface area contributed by atoms with Gasteiger partial charge in [-0.1, -0.05) is 39.8 Å². The summed E-state index contributed by atoms with van der Waals surface area (Å²) in [4.78, 5) is 35.4. The third-order valence-corrected chi connectivity index (χ3v) is 7.09. The van der Waals surface area contributed by atoms with Crippen molar-refractivity contribution in [3.63, 3.8) is 0 Å². The number of amides is 3. The van der Waals surface area contributed by atoms with E-state index in [-0.39, 0.29) is 11.9 Å². The zero-order chi connectivity index (χ0) is 19.0. The van der Waals surface area contributed by atoms with Crippen LogP contribution < -0.4 is 5.32 Å². The highest BCUT2D eigenvalue weighted by Gasteiger charge is 2.30. The Morgan fingerprint density at radius 3 is 2.81 bits per heavy atom. The number of thioether (sulfide) groups is 1. The number of urea groups is 1. The average Bonchev–Trinajstić information content (AvgIpc) is 3.28. The molecule has 1 aliphatic heterocycles. The number of carbonyl (C=O) groups is 2. The molecule has 4 rings (SSSR count). The van der Waals surface area contributed by atoms with Gasteiger partial charge in [-0.05, 0) is 30.7 Å². The first-order chi connectivity index (χ1) is 13.0. The fourth-order valence-electron chi connectivity index (χ4n) is 2.79. The molecule has 3 heterocycles. The van der Waals surface area contributed by atoms with Crippen molar-refractivity contribution in [1.29, 1.82) is 0 Å². The molecule has 0 unspecified atom stereocenters. The second-order valence-corrected chi connectivity index (χ2v) is 9.29. The van der Waals surface area contributed by atoms with E-state index >= 15 is 0 Å². The second kappa shape index (κ2) is 7.57. The van der Waals surface area contributed by atoms with Crippen molar-refractivity contribution in [1.82, 2.24) is 20.2 Å². The molecule has 138 valence electrons. The lowest BCUT2D eigenvalue weighted by Gasteiger charge is -2.17. The van der Waals surface area contributed by atoms with Crippen LogP contribution in [0.3, 0.4) is 0 Å². The molecule has 1 N–H and O–H groups in total. The summed E-state index contributed by atoms with van der Waals surface area (Å²) >= 11 is 6.42. The number of carbonyl (C=O) groups excluding carboxylic acids is 2. The van der Waals surface area contributed by atoms with Gasteiger partial charge in [0, 0.05) is 22.4 Å². The van der Waals surface area contributed by atoms with Gasteiger partial charge in [0.15, 0.2) is 0 Å². The molecule has 0 aliphatic carbocycles. The predicted molar refractivity (Wildman–Crippen MR) is 111 cm³/mol. The lowest BCUT2D eigenvalue weighted by Crippen LogP contribution is -2.38. The lowest BCUT2D eigenvalue weighted by molar-refractivity contribution is -0.126. The van der Waals surface area contributed by atoms with Gasteiger partial charge in [0.25, 0.3) is 0 Å². The summed E-state index contributed by atoms with van der Waals surface area (Å²) < 4.78 is 1.98. The quantitative estimate of drug-likeness (QED) is 0.465. The molecule has 9 heteroatoms. The van der Waals surface area contributed by atoms with Gasteiger partial charge in [-0.25, -0.2) is 14.8 Å². The van der Waals surface area contributed by atoms with Gasteiger partial charge < -0.3 is 5.32 Å². The monoisotopic (exact) mass is 462 g/mol. The maximum atomic E-state index is 12.6. The van der Waals surface area contributed by atoms with E-state index in [1.165, 1.54) is 23.0 Å². The first kappa shape index (κ1) is 18.4. The molecule has 0 saturated carbocycles. The molecule has 0 spiro atoms. The van der Waals surface area contributed by atoms with Gasteiger partial charge in [-0.15, -0.1) is 11.3 Å². The number of aromatic nitrogens is 2. The first-order valence-corrected chi connectivity index (χ1v) is 10.8. The highest BCUT2D eigenvalue weighted by atomic mass is 79.9. The van der Waals surface area contributed by atoms with Crippen LogP contribution in [0, 0.1) is 0 Å². The number of hydrogen-bond donors (Lipinski definition) is 1. The van der Waals surface area contributed by atoms with E-state index in [0.717, 1.165) is 30.2 Å². The van der Waals surface area contributed by atoms with E-state index in [1.807, 2.05) is 30.3 Å². The minimum atomic E-state index is -0.412. The number of imide groups is 1. The number of halogens is 1. The van der Waals surface area contributed by atoms with Gasteiger partial charge >= 0.3 is 6.03 Å². The maximum Gasteiger partial charge on any atom is 0.324 e. The van der Waals surface area contributed by atoms with Crippen LogP contribution >= 0.6 is 39.0 Å². The molecule has 1 aromatic carbocycles. The molecule has 1 fully saturated rings. The Bertz CT molecular complexity index is 1020. The number of rotatable bonds is 4. The van der Waals surface area contributed by atoms with Crippen molar-refractivity contribution in [2.75, 3.05) is 13.1 Å². The van der Waals surface area contributed by atoms with Crippen LogP contribution in [0.5, 0.6) is 0 Å². The van der Waals surface area contributed by atoms with E-state index in [4.69, 9.17) is 0 Å². The highest BCUT2D eigenvalue weighted by Crippen LogP contribution is 2.38. The van der Waals surface area contributed by atoms with E-state index in [0.29, 0.717) is 13.1 Å².